The predicted molar refractivity (Wildman–Crippen MR) is 119 cm³/mol. The first-order valence-electron chi connectivity index (χ1n) is 10.5. The van der Waals surface area contributed by atoms with Gasteiger partial charge in [-0.3, -0.25) is 14.8 Å². The second-order valence-electron chi connectivity index (χ2n) is 8.11. The summed E-state index contributed by atoms with van der Waals surface area (Å²) in [6, 6.07) is 8.46. The standard InChI is InChI=1S/C24H28N4O/c1-4-20(14-26-24(29)21-9-8-16(3)27-21)28-22-12-18(11-19-13-25-23(19)22)17-7-5-6-15(2)10-17/h5-8,10-12,19-21,27H,4,9,13-14H2,1-3H3/p+1. The van der Waals surface area contributed by atoms with E-state index in [0.717, 1.165) is 36.5 Å². The number of fused-ring (bicyclic) bond motifs is 1. The molecule has 1 aromatic carbocycles. The number of allylic oxidation sites excluding steroid dienone is 3. The minimum Gasteiger partial charge on any atom is -0.377 e. The molecule has 3 unspecified atom stereocenters. The molecule has 5 nitrogen and oxygen atoms in total. The lowest BCUT2D eigenvalue weighted by Crippen LogP contribution is -2.43. The number of benzene rings is 1. The van der Waals surface area contributed by atoms with Gasteiger partial charge in [-0.25, -0.2) is 0 Å². The molecule has 4 rings (SSSR count). The van der Waals surface area contributed by atoms with Gasteiger partial charge in [-0.15, -0.1) is 0 Å². The van der Waals surface area contributed by atoms with Crippen LogP contribution in [0, 0.1) is 19.3 Å². The van der Waals surface area contributed by atoms with E-state index >= 15 is 0 Å². The van der Waals surface area contributed by atoms with Gasteiger partial charge in [-0.2, -0.15) is 0 Å². The van der Waals surface area contributed by atoms with E-state index in [0.29, 0.717) is 12.5 Å². The lowest BCUT2D eigenvalue weighted by atomic mass is 9.79. The van der Waals surface area contributed by atoms with Crippen molar-refractivity contribution in [1.82, 2.24) is 10.6 Å². The van der Waals surface area contributed by atoms with Crippen LogP contribution in [0.1, 0.15) is 37.8 Å². The lowest BCUT2D eigenvalue weighted by molar-refractivity contribution is -0.122. The Hall–Kier alpha value is -2.82. The smallest absolute Gasteiger partial charge is 0.242 e. The summed E-state index contributed by atoms with van der Waals surface area (Å²) in [5.41, 5.74) is 6.81. The molecule has 0 spiro atoms. The van der Waals surface area contributed by atoms with Gasteiger partial charge in [0.05, 0.1) is 35.9 Å². The minimum atomic E-state index is -0.155. The molecule has 1 aliphatic carbocycles. The molecule has 0 bridgehead atoms. The van der Waals surface area contributed by atoms with Crippen LogP contribution >= 0.6 is 0 Å². The summed E-state index contributed by atoms with van der Waals surface area (Å²) < 4.78 is 0. The van der Waals surface area contributed by atoms with Crippen molar-refractivity contribution in [2.75, 3.05) is 13.1 Å². The van der Waals surface area contributed by atoms with E-state index < -0.39 is 0 Å². The number of amides is 1. The summed E-state index contributed by atoms with van der Waals surface area (Å²) in [6.45, 7) is 7.60. The quantitative estimate of drug-likeness (QED) is 0.734. The second-order valence-corrected chi connectivity index (χ2v) is 8.11. The van der Waals surface area contributed by atoms with Gasteiger partial charge in [-0.1, -0.05) is 19.1 Å². The predicted octanol–water partition coefficient (Wildman–Crippen LogP) is 3.27. The van der Waals surface area contributed by atoms with Gasteiger partial charge in [0.15, 0.2) is 0 Å². The van der Waals surface area contributed by atoms with Gasteiger partial charge in [0, 0.05) is 30.8 Å². The van der Waals surface area contributed by atoms with Crippen LogP contribution in [0.3, 0.4) is 0 Å². The van der Waals surface area contributed by atoms with Gasteiger partial charge in [0.1, 0.15) is 17.3 Å². The topological polar surface area (TPSA) is 65.8 Å². The van der Waals surface area contributed by atoms with Crippen LogP contribution in [0.5, 0.6) is 0 Å². The number of nitrogens with one attached hydrogen (secondary N) is 2. The van der Waals surface area contributed by atoms with Gasteiger partial charge in [0.2, 0.25) is 5.91 Å². The third-order valence-electron chi connectivity index (χ3n) is 5.78. The fourth-order valence-electron chi connectivity index (χ4n) is 3.96. The van der Waals surface area contributed by atoms with Crippen molar-refractivity contribution in [2.45, 2.75) is 45.7 Å². The highest BCUT2D eigenvalue weighted by atomic mass is 16.2. The molecule has 3 atom stereocenters. The van der Waals surface area contributed by atoms with Crippen molar-refractivity contribution in [3.05, 3.63) is 59.7 Å². The first-order chi connectivity index (χ1) is 14.0. The van der Waals surface area contributed by atoms with Crippen LogP contribution in [0.4, 0.5) is 0 Å². The molecule has 0 radical (unpaired) electrons. The van der Waals surface area contributed by atoms with Crippen LogP contribution in [0.15, 0.2) is 52.1 Å². The van der Waals surface area contributed by atoms with Crippen molar-refractivity contribution < 1.29 is 4.79 Å². The van der Waals surface area contributed by atoms with Gasteiger partial charge in [-0.05, 0) is 38.3 Å². The highest BCUT2D eigenvalue weighted by Crippen LogP contribution is 2.32. The second kappa shape index (κ2) is 8.27. The molecule has 150 valence electrons. The maximum atomic E-state index is 12.4. The van der Waals surface area contributed by atoms with E-state index in [2.05, 4.69) is 72.3 Å². The molecule has 0 fully saturated rings. The number of hydrogen-bond acceptors (Lipinski definition) is 4. The van der Waals surface area contributed by atoms with Crippen LogP contribution in [-0.2, 0) is 4.79 Å². The Bertz CT molecular complexity index is 925. The molecule has 2 heterocycles. The summed E-state index contributed by atoms with van der Waals surface area (Å²) in [7, 11) is 0. The fourth-order valence-corrected chi connectivity index (χ4v) is 3.96. The van der Waals surface area contributed by atoms with E-state index in [-0.39, 0.29) is 18.0 Å². The van der Waals surface area contributed by atoms with Crippen molar-refractivity contribution in [3.8, 4) is 0 Å². The highest BCUT2D eigenvalue weighted by molar-refractivity contribution is 6.51. The average Bonchev–Trinajstić information content (AvgIpc) is 3.12. The van der Waals surface area contributed by atoms with Crippen molar-refractivity contribution in [2.24, 2.45) is 15.9 Å². The molecular weight excluding hydrogens is 360 g/mol. The summed E-state index contributed by atoms with van der Waals surface area (Å²) in [4.78, 5) is 22.0. The van der Waals surface area contributed by atoms with Crippen LogP contribution in [0.25, 0.3) is 5.57 Å². The van der Waals surface area contributed by atoms with Crippen molar-refractivity contribution in [1.29, 1.82) is 0 Å². The Labute approximate surface area is 173 Å². The summed E-state index contributed by atoms with van der Waals surface area (Å²) >= 11 is 0. The largest absolute Gasteiger partial charge is 0.377 e. The van der Waals surface area contributed by atoms with E-state index in [1.165, 1.54) is 16.7 Å². The molecular formula is C24H29N4O+. The van der Waals surface area contributed by atoms with Gasteiger partial charge < -0.3 is 10.6 Å². The van der Waals surface area contributed by atoms with Gasteiger partial charge in [0.25, 0.3) is 0 Å². The number of aryl methyl sites for hydroxylation is 1. The van der Waals surface area contributed by atoms with Gasteiger partial charge >= 0.3 is 0 Å². The van der Waals surface area contributed by atoms with E-state index in [9.17, 15) is 4.79 Å². The molecule has 3 aliphatic rings. The maximum absolute atomic E-state index is 12.4. The zero-order chi connectivity index (χ0) is 20.4. The van der Waals surface area contributed by atoms with E-state index in [1.54, 1.807) is 0 Å². The molecule has 0 saturated heterocycles. The van der Waals surface area contributed by atoms with Crippen LogP contribution < -0.4 is 10.6 Å². The molecule has 2 N–H and O–H groups in total. The number of aliphatic imine (C=N–C) groups is 2. The Kier molecular flexibility index (Phi) is 5.56. The highest BCUT2D eigenvalue weighted by Gasteiger charge is 2.38. The molecule has 1 aromatic rings. The van der Waals surface area contributed by atoms with Crippen molar-refractivity contribution in [3.63, 3.8) is 0 Å². The molecule has 0 aromatic heterocycles. The Morgan fingerprint density at radius 2 is 2.28 bits per heavy atom. The number of carbonyl (C=O) groups is 1. The maximum Gasteiger partial charge on any atom is 0.242 e. The van der Waals surface area contributed by atoms with E-state index in [4.69, 9.17) is 4.99 Å². The summed E-state index contributed by atoms with van der Waals surface area (Å²) in [5.74, 6) is 0.404. The zero-order valence-corrected chi connectivity index (χ0v) is 17.4. The third-order valence-corrected chi connectivity index (χ3v) is 5.78. The minimum absolute atomic E-state index is 0.0430. The first kappa shape index (κ1) is 19.5. The molecule has 2 aliphatic heterocycles. The zero-order valence-electron chi connectivity index (χ0n) is 17.4. The summed E-state index contributed by atoms with van der Waals surface area (Å²) in [6.07, 6.45) is 8.14. The first-order valence-corrected chi connectivity index (χ1v) is 10.5. The number of rotatable bonds is 6. The Morgan fingerprint density at radius 1 is 1.41 bits per heavy atom. The number of hydrogen-bond donors (Lipinski definition) is 2. The monoisotopic (exact) mass is 389 g/mol. The fraction of sp³-hybridized carbons (Fsp3) is 0.417. The normalized spacial score (nSPS) is 24.9. The molecule has 0 saturated carbocycles. The van der Waals surface area contributed by atoms with Crippen molar-refractivity contribution >= 4 is 22.9 Å². The number of carbonyl (C=O) groups excluding carboxylic acids is 1. The SMILES string of the molecule is CCC(CNC(=O)C1CC=C(C)N1)N=C1C=C(c2cccc(C)c2)[CH+]C2CN=C12. The number of nitrogens with zero attached hydrogens (tertiary/aromatic N) is 2. The molecule has 29 heavy (non-hydrogen) atoms. The molecule has 1 amide bonds. The third kappa shape index (κ3) is 4.29. The Balaban J connectivity index is 1.48. The average molecular weight is 390 g/mol. The van der Waals surface area contributed by atoms with Crippen LogP contribution in [0.2, 0.25) is 0 Å². The molecule has 5 heteroatoms. The lowest BCUT2D eigenvalue weighted by Gasteiger charge is -2.27. The van der Waals surface area contributed by atoms with E-state index in [1.807, 2.05) is 6.92 Å². The Morgan fingerprint density at radius 3 is 2.93 bits per heavy atom. The summed E-state index contributed by atoms with van der Waals surface area (Å²) in [5, 5.41) is 6.28. The van der Waals surface area contributed by atoms with Crippen LogP contribution in [-0.4, -0.2) is 42.5 Å².